The summed E-state index contributed by atoms with van der Waals surface area (Å²) in [6.45, 7) is 10.3. The molecule has 44 heavy (non-hydrogen) atoms. The Morgan fingerprint density at radius 3 is 2.52 bits per heavy atom. The van der Waals surface area contributed by atoms with Crippen LogP contribution in [-0.2, 0) is 23.8 Å². The smallest absolute Gasteiger partial charge is 0.407 e. The summed E-state index contributed by atoms with van der Waals surface area (Å²) < 4.78 is 29.7. The molecule has 2 fully saturated rings. The topological polar surface area (TPSA) is 163 Å². The molecule has 2 aliphatic carbocycles. The normalized spacial score (nSPS) is 33.8. The third kappa shape index (κ3) is 5.22. The fourth-order valence-electron chi connectivity index (χ4n) is 8.15. The van der Waals surface area contributed by atoms with E-state index in [1.165, 1.54) is 13.8 Å². The molecule has 1 amide bonds. The van der Waals surface area contributed by atoms with Gasteiger partial charge in [0.25, 0.3) is 0 Å². The zero-order valence-electron chi connectivity index (χ0n) is 25.9. The van der Waals surface area contributed by atoms with Gasteiger partial charge in [0.1, 0.15) is 41.5 Å². The second kappa shape index (κ2) is 11.5. The molecule has 2 aromatic rings. The average molecular weight is 613 g/mol. The number of aliphatic hydroxyl groups excluding tert-OH is 1. The van der Waals surface area contributed by atoms with Gasteiger partial charge in [0.2, 0.25) is 0 Å². The summed E-state index contributed by atoms with van der Waals surface area (Å²) in [7, 11) is 0. The number of carbonyl (C=O) groups excluding carboxylic acids is 3. The first-order valence-corrected chi connectivity index (χ1v) is 14.9. The van der Waals surface area contributed by atoms with Gasteiger partial charge in [-0.2, -0.15) is 0 Å². The molecule has 8 atom stereocenters. The molecule has 0 unspecified atom stereocenters. The number of aliphatic hydroxyl groups is 1. The van der Waals surface area contributed by atoms with Gasteiger partial charge in [-0.05, 0) is 56.6 Å². The predicted octanol–water partition coefficient (Wildman–Crippen LogP) is 3.94. The maximum absolute atomic E-state index is 13.5. The zero-order valence-corrected chi connectivity index (χ0v) is 25.9. The lowest BCUT2D eigenvalue weighted by Gasteiger charge is -2.66. The van der Waals surface area contributed by atoms with E-state index in [0.717, 1.165) is 0 Å². The van der Waals surface area contributed by atoms with E-state index in [2.05, 4.69) is 10.3 Å². The fraction of sp³-hybridized carbons (Fsp3) is 0.594. The van der Waals surface area contributed by atoms with Gasteiger partial charge in [-0.1, -0.05) is 13.8 Å². The van der Waals surface area contributed by atoms with E-state index in [1.54, 1.807) is 44.4 Å². The molecule has 0 saturated heterocycles. The number of alkyl carbamates (subject to hydrolysis) is 1. The number of fused-ring (bicyclic) bond motifs is 4. The van der Waals surface area contributed by atoms with Gasteiger partial charge in [-0.25, -0.2) is 9.59 Å². The van der Waals surface area contributed by atoms with Crippen LogP contribution >= 0.6 is 0 Å². The summed E-state index contributed by atoms with van der Waals surface area (Å²) in [6, 6.07) is 5.00. The van der Waals surface area contributed by atoms with Gasteiger partial charge >= 0.3 is 23.7 Å². The second-order valence-corrected chi connectivity index (χ2v) is 12.8. The number of pyridine rings is 1. The Labute approximate surface area is 255 Å². The second-order valence-electron chi connectivity index (χ2n) is 12.8. The van der Waals surface area contributed by atoms with Crippen LogP contribution in [0.4, 0.5) is 4.79 Å². The highest BCUT2D eigenvalue weighted by molar-refractivity contribution is 5.68. The van der Waals surface area contributed by atoms with E-state index in [-0.39, 0.29) is 30.1 Å². The summed E-state index contributed by atoms with van der Waals surface area (Å²) in [4.78, 5) is 54.7. The van der Waals surface area contributed by atoms with Gasteiger partial charge in [0.15, 0.2) is 0 Å². The minimum Gasteiger partial charge on any atom is -0.482 e. The average Bonchev–Trinajstić information content (AvgIpc) is 2.95. The first-order chi connectivity index (χ1) is 20.7. The number of carbonyl (C=O) groups is 3. The SMILES string of the molecule is CCNC(=O)O[C@H]1C[C@H]2[C@](C)(COC(C)=O)[C@@H](OC(C)=O)CC[C@]2(C)[C@H]2[C@@H](O)c3c(cc(-c4cccnc4)oc3=O)O[C@]12C. The lowest BCUT2D eigenvalue weighted by atomic mass is 9.42. The van der Waals surface area contributed by atoms with Crippen LogP contribution in [0.25, 0.3) is 11.3 Å². The van der Waals surface area contributed by atoms with E-state index in [9.17, 15) is 24.3 Å². The number of rotatable bonds is 6. The summed E-state index contributed by atoms with van der Waals surface area (Å²) in [5, 5.41) is 14.8. The third-order valence-corrected chi connectivity index (χ3v) is 9.99. The molecule has 0 radical (unpaired) electrons. The van der Waals surface area contributed by atoms with Crippen LogP contribution in [0, 0.1) is 22.7 Å². The van der Waals surface area contributed by atoms with Crippen molar-refractivity contribution in [1.82, 2.24) is 10.3 Å². The Morgan fingerprint density at radius 1 is 1.14 bits per heavy atom. The van der Waals surface area contributed by atoms with Gasteiger partial charge < -0.3 is 33.8 Å². The quantitative estimate of drug-likeness (QED) is 0.359. The maximum Gasteiger partial charge on any atom is 0.407 e. The number of hydrogen-bond donors (Lipinski definition) is 2. The third-order valence-electron chi connectivity index (χ3n) is 9.99. The summed E-state index contributed by atoms with van der Waals surface area (Å²) in [5.74, 6) is -1.80. The Balaban J connectivity index is 1.67. The number of ether oxygens (including phenoxy) is 4. The van der Waals surface area contributed by atoms with Gasteiger partial charge in [0.05, 0.1) is 6.10 Å². The minimum atomic E-state index is -1.36. The standard InChI is InChI=1S/C32H40N2O10/c1-7-34-29(39)43-24-14-22-30(4,11-10-23(41-18(3)36)31(22,5)16-40-17(2)35)27-26(37)25-21(44-32(24,27)6)13-20(42-28(25)38)19-9-8-12-33-15-19/h8-9,12-13,15,22-24,26-27,37H,7,10-11,14,16H2,1-6H3,(H,34,39)/t22-,23+,24+,26+,27-,30+,31+,32-/m1/s1. The van der Waals surface area contributed by atoms with E-state index >= 15 is 0 Å². The van der Waals surface area contributed by atoms with Crippen LogP contribution in [0.3, 0.4) is 0 Å². The number of amides is 1. The lowest BCUT2D eigenvalue weighted by molar-refractivity contribution is -0.266. The Morgan fingerprint density at radius 2 is 1.89 bits per heavy atom. The van der Waals surface area contributed by atoms with Crippen LogP contribution in [-0.4, -0.2) is 59.1 Å². The van der Waals surface area contributed by atoms with Crippen LogP contribution in [0.5, 0.6) is 5.75 Å². The predicted molar refractivity (Wildman–Crippen MR) is 155 cm³/mol. The first-order valence-electron chi connectivity index (χ1n) is 14.9. The summed E-state index contributed by atoms with van der Waals surface area (Å²) in [6.07, 6.45) is 0.722. The molecule has 0 bridgehead atoms. The fourth-order valence-corrected chi connectivity index (χ4v) is 8.15. The van der Waals surface area contributed by atoms with Crippen molar-refractivity contribution in [2.24, 2.45) is 22.7 Å². The zero-order chi connectivity index (χ0) is 32.0. The van der Waals surface area contributed by atoms with Crippen LogP contribution in [0.15, 0.2) is 39.8 Å². The van der Waals surface area contributed by atoms with Crippen LogP contribution < -0.4 is 15.7 Å². The molecule has 1 aliphatic heterocycles. The summed E-state index contributed by atoms with van der Waals surface area (Å²) >= 11 is 0. The molecule has 3 aliphatic rings. The van der Waals surface area contributed by atoms with Gasteiger partial charge in [-0.3, -0.25) is 14.6 Å². The number of esters is 2. The van der Waals surface area contributed by atoms with E-state index in [4.69, 9.17) is 23.4 Å². The number of aromatic nitrogens is 1. The van der Waals surface area contributed by atoms with Gasteiger partial charge in [0, 0.05) is 55.7 Å². The first kappa shape index (κ1) is 31.5. The lowest BCUT2D eigenvalue weighted by Crippen LogP contribution is -2.71. The van der Waals surface area contributed by atoms with Crippen molar-refractivity contribution in [3.05, 3.63) is 46.6 Å². The van der Waals surface area contributed by atoms with Crippen LogP contribution in [0.1, 0.15) is 72.5 Å². The van der Waals surface area contributed by atoms with Crippen molar-refractivity contribution in [3.8, 4) is 17.1 Å². The molecule has 12 heteroatoms. The van der Waals surface area contributed by atoms with Gasteiger partial charge in [-0.15, -0.1) is 0 Å². The highest BCUT2D eigenvalue weighted by Crippen LogP contribution is 2.67. The monoisotopic (exact) mass is 612 g/mol. The molecular weight excluding hydrogens is 572 g/mol. The van der Waals surface area contributed by atoms with E-state index < -0.39 is 70.2 Å². The molecular formula is C32H40N2O10. The van der Waals surface area contributed by atoms with E-state index in [1.807, 2.05) is 13.8 Å². The van der Waals surface area contributed by atoms with Crippen LogP contribution in [0.2, 0.25) is 0 Å². The molecule has 0 spiro atoms. The molecule has 2 N–H and O–H groups in total. The van der Waals surface area contributed by atoms with Crippen molar-refractivity contribution in [2.45, 2.75) is 84.7 Å². The Hall–Kier alpha value is -3.93. The largest absolute Gasteiger partial charge is 0.482 e. The molecule has 5 rings (SSSR count). The highest BCUT2D eigenvalue weighted by Gasteiger charge is 2.71. The Bertz CT molecular complexity index is 1490. The number of nitrogens with one attached hydrogen (secondary N) is 1. The molecule has 238 valence electrons. The Kier molecular flexibility index (Phi) is 8.25. The van der Waals surface area contributed by atoms with E-state index in [0.29, 0.717) is 24.9 Å². The molecule has 12 nitrogen and oxygen atoms in total. The number of nitrogens with zero attached hydrogens (tertiary/aromatic N) is 1. The van der Waals surface area contributed by atoms with Crippen molar-refractivity contribution < 1.29 is 42.9 Å². The molecule has 2 saturated carbocycles. The van der Waals surface area contributed by atoms with Crippen molar-refractivity contribution in [2.75, 3.05) is 13.2 Å². The molecule has 3 heterocycles. The maximum atomic E-state index is 13.5. The van der Waals surface area contributed by atoms with Crippen molar-refractivity contribution in [1.29, 1.82) is 0 Å². The highest BCUT2D eigenvalue weighted by atomic mass is 16.6. The van der Waals surface area contributed by atoms with Crippen molar-refractivity contribution in [3.63, 3.8) is 0 Å². The molecule has 0 aromatic carbocycles. The molecule has 2 aromatic heterocycles. The summed E-state index contributed by atoms with van der Waals surface area (Å²) in [5.41, 5.74) is -3.20. The minimum absolute atomic E-state index is 0.0254. The number of hydrogen-bond acceptors (Lipinski definition) is 11. The van der Waals surface area contributed by atoms with Crippen molar-refractivity contribution >= 4 is 18.0 Å².